The lowest BCUT2D eigenvalue weighted by molar-refractivity contribution is -0.141. The number of rotatable bonds is 3. The van der Waals surface area contributed by atoms with Crippen LogP contribution in [0.5, 0.6) is 0 Å². The molecule has 2 saturated heterocycles. The molecule has 108 valence electrons. The van der Waals surface area contributed by atoms with Crippen LogP contribution >= 0.6 is 0 Å². The number of ether oxygens (including phenoxy) is 1. The van der Waals surface area contributed by atoms with Gasteiger partial charge < -0.3 is 9.64 Å². The van der Waals surface area contributed by atoms with E-state index in [1.807, 2.05) is 16.8 Å². The van der Waals surface area contributed by atoms with Crippen LogP contribution in [0, 0.1) is 5.92 Å². The molecule has 1 amide bonds. The molecule has 5 heteroatoms. The summed E-state index contributed by atoms with van der Waals surface area (Å²) in [6, 6.07) is 0. The van der Waals surface area contributed by atoms with Crippen LogP contribution in [-0.4, -0.2) is 61.5 Å². The molecule has 0 saturated carbocycles. The van der Waals surface area contributed by atoms with E-state index in [9.17, 15) is 9.59 Å². The molecule has 0 aromatic rings. The predicted molar refractivity (Wildman–Crippen MR) is 73.9 cm³/mol. The molecule has 0 aromatic carbocycles. The minimum Gasteiger partial charge on any atom is -0.461 e. The van der Waals surface area contributed by atoms with Gasteiger partial charge in [0.05, 0.1) is 12.5 Å². The van der Waals surface area contributed by atoms with Crippen molar-refractivity contribution < 1.29 is 14.3 Å². The van der Waals surface area contributed by atoms with Crippen LogP contribution in [0.3, 0.4) is 0 Å². The van der Waals surface area contributed by atoms with Crippen molar-refractivity contribution >= 4 is 11.9 Å². The van der Waals surface area contributed by atoms with E-state index in [4.69, 9.17) is 4.74 Å². The molecule has 2 fully saturated rings. The van der Waals surface area contributed by atoms with Crippen LogP contribution in [0.15, 0.2) is 23.3 Å². The van der Waals surface area contributed by atoms with Gasteiger partial charge in [0, 0.05) is 19.6 Å². The summed E-state index contributed by atoms with van der Waals surface area (Å²) < 4.78 is 5.06. The fraction of sp³-hybridized carbons (Fsp3) is 0.600. The number of esters is 1. The molecule has 0 bridgehead atoms. The Morgan fingerprint density at radius 1 is 1.35 bits per heavy atom. The largest absolute Gasteiger partial charge is 0.461 e. The molecule has 20 heavy (non-hydrogen) atoms. The molecule has 3 aliphatic rings. The lowest BCUT2D eigenvalue weighted by atomic mass is 9.89. The smallest absolute Gasteiger partial charge is 0.313 e. The van der Waals surface area contributed by atoms with E-state index in [2.05, 4.69) is 12.2 Å². The number of likely N-dealkylation sites (N-methyl/N-ethyl adjacent to an activating group) is 1. The summed E-state index contributed by atoms with van der Waals surface area (Å²) in [6.45, 7) is 3.47. The second kappa shape index (κ2) is 5.40. The summed E-state index contributed by atoms with van der Waals surface area (Å²) >= 11 is 0. The summed E-state index contributed by atoms with van der Waals surface area (Å²) in [7, 11) is 1.97. The van der Waals surface area contributed by atoms with Gasteiger partial charge in [0.25, 0.3) is 0 Å². The second-order valence-electron chi connectivity index (χ2n) is 5.76. The van der Waals surface area contributed by atoms with Gasteiger partial charge in [-0.2, -0.15) is 0 Å². The van der Waals surface area contributed by atoms with Gasteiger partial charge in [-0.05, 0) is 25.5 Å². The fourth-order valence-electron chi connectivity index (χ4n) is 2.96. The van der Waals surface area contributed by atoms with Crippen LogP contribution in [0.2, 0.25) is 0 Å². The quantitative estimate of drug-likeness (QED) is 0.708. The third-order valence-corrected chi connectivity index (χ3v) is 4.28. The molecule has 0 N–H and O–H groups in total. The highest BCUT2D eigenvalue weighted by Crippen LogP contribution is 2.31. The van der Waals surface area contributed by atoms with Crippen molar-refractivity contribution in [1.82, 2.24) is 9.80 Å². The number of carbonyl (C=O) groups is 2. The maximum absolute atomic E-state index is 11.9. The first-order valence-corrected chi connectivity index (χ1v) is 7.16. The van der Waals surface area contributed by atoms with Crippen LogP contribution in [0.25, 0.3) is 0 Å². The SMILES string of the molecule is CN1CCN(CCC2=CCC3C(=O)OCC3=C2)C(=O)C1. The van der Waals surface area contributed by atoms with E-state index in [0.29, 0.717) is 13.2 Å². The molecule has 5 nitrogen and oxygen atoms in total. The molecule has 0 radical (unpaired) electrons. The maximum atomic E-state index is 11.9. The van der Waals surface area contributed by atoms with Gasteiger partial charge in [0.2, 0.25) is 5.91 Å². The first-order chi connectivity index (χ1) is 9.63. The molecule has 2 aliphatic heterocycles. The van der Waals surface area contributed by atoms with Gasteiger partial charge in [-0.1, -0.05) is 17.7 Å². The van der Waals surface area contributed by atoms with E-state index in [1.165, 1.54) is 5.57 Å². The average Bonchev–Trinajstić information content (AvgIpc) is 2.79. The Hall–Kier alpha value is -1.62. The van der Waals surface area contributed by atoms with Crippen molar-refractivity contribution in [1.29, 1.82) is 0 Å². The van der Waals surface area contributed by atoms with Crippen molar-refractivity contribution in [3.63, 3.8) is 0 Å². The number of amides is 1. The lowest BCUT2D eigenvalue weighted by Crippen LogP contribution is -2.49. The summed E-state index contributed by atoms with van der Waals surface area (Å²) in [5.41, 5.74) is 2.32. The standard InChI is InChI=1S/C15H20N2O3/c1-16-6-7-17(14(18)9-16)5-4-11-2-3-13-12(8-11)10-20-15(13)19/h2,8,13H,3-7,9-10H2,1H3. The number of piperazine rings is 1. The van der Waals surface area contributed by atoms with Gasteiger partial charge in [0.15, 0.2) is 0 Å². The second-order valence-corrected chi connectivity index (χ2v) is 5.76. The first kappa shape index (κ1) is 13.4. The number of carbonyl (C=O) groups excluding carboxylic acids is 2. The zero-order valence-corrected chi connectivity index (χ0v) is 11.8. The fourth-order valence-corrected chi connectivity index (χ4v) is 2.96. The summed E-state index contributed by atoms with van der Waals surface area (Å²) in [5, 5.41) is 0. The molecular formula is C15H20N2O3. The molecule has 3 rings (SSSR count). The Morgan fingerprint density at radius 3 is 3.00 bits per heavy atom. The van der Waals surface area contributed by atoms with Gasteiger partial charge in [0.1, 0.15) is 6.61 Å². The number of allylic oxidation sites excluding steroid dienone is 2. The molecule has 0 aromatic heterocycles. The Morgan fingerprint density at radius 2 is 2.20 bits per heavy atom. The van der Waals surface area contributed by atoms with Crippen molar-refractivity contribution in [2.24, 2.45) is 5.92 Å². The Labute approximate surface area is 118 Å². The molecular weight excluding hydrogens is 256 g/mol. The lowest BCUT2D eigenvalue weighted by Gasteiger charge is -2.32. The normalized spacial score (nSPS) is 27.1. The highest BCUT2D eigenvalue weighted by molar-refractivity contribution is 5.80. The third-order valence-electron chi connectivity index (χ3n) is 4.28. The van der Waals surface area contributed by atoms with Crippen molar-refractivity contribution in [3.05, 3.63) is 23.3 Å². The molecule has 1 aliphatic carbocycles. The monoisotopic (exact) mass is 276 g/mol. The van der Waals surface area contributed by atoms with Crippen LogP contribution in [-0.2, 0) is 14.3 Å². The van der Waals surface area contributed by atoms with Gasteiger partial charge in [-0.25, -0.2) is 0 Å². The highest BCUT2D eigenvalue weighted by Gasteiger charge is 2.32. The molecule has 1 unspecified atom stereocenters. The van der Waals surface area contributed by atoms with E-state index in [-0.39, 0.29) is 17.8 Å². The van der Waals surface area contributed by atoms with E-state index in [0.717, 1.165) is 38.0 Å². The number of hydrogen-bond acceptors (Lipinski definition) is 4. The van der Waals surface area contributed by atoms with Crippen molar-refractivity contribution in [3.8, 4) is 0 Å². The Balaban J connectivity index is 1.55. The van der Waals surface area contributed by atoms with Gasteiger partial charge in [-0.3, -0.25) is 14.5 Å². The Bertz CT molecular complexity index is 495. The summed E-state index contributed by atoms with van der Waals surface area (Å²) in [4.78, 5) is 27.3. The number of cyclic esters (lactones) is 1. The van der Waals surface area contributed by atoms with Crippen molar-refractivity contribution in [2.45, 2.75) is 12.8 Å². The third kappa shape index (κ3) is 2.63. The van der Waals surface area contributed by atoms with E-state index in [1.54, 1.807) is 0 Å². The first-order valence-electron chi connectivity index (χ1n) is 7.16. The molecule has 0 spiro atoms. The average molecular weight is 276 g/mol. The topological polar surface area (TPSA) is 49.9 Å². The van der Waals surface area contributed by atoms with Crippen LogP contribution in [0.4, 0.5) is 0 Å². The molecule has 2 heterocycles. The zero-order valence-electron chi connectivity index (χ0n) is 11.8. The van der Waals surface area contributed by atoms with Gasteiger partial charge >= 0.3 is 5.97 Å². The number of fused-ring (bicyclic) bond motifs is 1. The minimum absolute atomic E-state index is 0.0518. The number of hydrogen-bond donors (Lipinski definition) is 0. The Kier molecular flexibility index (Phi) is 3.61. The zero-order chi connectivity index (χ0) is 14.1. The van der Waals surface area contributed by atoms with Gasteiger partial charge in [-0.15, -0.1) is 0 Å². The molecule has 1 atom stereocenters. The summed E-state index contributed by atoms with van der Waals surface area (Å²) in [6.07, 6.45) is 5.80. The van der Waals surface area contributed by atoms with E-state index >= 15 is 0 Å². The maximum Gasteiger partial charge on any atom is 0.313 e. The summed E-state index contributed by atoms with van der Waals surface area (Å²) in [5.74, 6) is 0.0601. The minimum atomic E-state index is -0.0965. The predicted octanol–water partition coefficient (Wildman–Crippen LogP) is 0.580. The van der Waals surface area contributed by atoms with E-state index < -0.39 is 0 Å². The van der Waals surface area contributed by atoms with Crippen LogP contribution < -0.4 is 0 Å². The highest BCUT2D eigenvalue weighted by atomic mass is 16.5. The van der Waals surface area contributed by atoms with Crippen LogP contribution in [0.1, 0.15) is 12.8 Å². The van der Waals surface area contributed by atoms with Crippen molar-refractivity contribution in [2.75, 3.05) is 39.8 Å². The number of nitrogens with zero attached hydrogens (tertiary/aromatic N) is 2.